The second kappa shape index (κ2) is 7.99. The molecule has 23 heavy (non-hydrogen) atoms. The van der Waals surface area contributed by atoms with Crippen molar-refractivity contribution in [1.82, 2.24) is 5.32 Å². The van der Waals surface area contributed by atoms with Crippen molar-refractivity contribution in [2.45, 2.75) is 51.0 Å². The van der Waals surface area contributed by atoms with Crippen molar-refractivity contribution in [2.75, 3.05) is 7.11 Å². The minimum Gasteiger partial charge on any atom is -0.497 e. The van der Waals surface area contributed by atoms with Crippen molar-refractivity contribution >= 4 is 11.9 Å². The quantitative estimate of drug-likeness (QED) is 0.734. The van der Waals surface area contributed by atoms with E-state index in [1.54, 1.807) is 7.11 Å². The average molecular weight is 319 g/mol. The number of methoxy groups -OCH3 is 1. The third-order valence-electron chi connectivity index (χ3n) is 4.41. The Labute approximate surface area is 137 Å². The van der Waals surface area contributed by atoms with E-state index in [0.717, 1.165) is 30.6 Å². The molecular weight excluding hydrogens is 294 g/mol. The smallest absolute Gasteiger partial charge is 0.326 e. The van der Waals surface area contributed by atoms with Crippen LogP contribution in [0.3, 0.4) is 0 Å². The van der Waals surface area contributed by atoms with E-state index < -0.39 is 12.0 Å². The summed E-state index contributed by atoms with van der Waals surface area (Å²) in [7, 11) is 1.62. The van der Waals surface area contributed by atoms with Crippen LogP contribution in [0, 0.1) is 5.92 Å². The maximum absolute atomic E-state index is 12.2. The number of hydrogen-bond donors (Lipinski definition) is 2. The fourth-order valence-corrected chi connectivity index (χ4v) is 2.76. The lowest BCUT2D eigenvalue weighted by molar-refractivity contribution is -0.142. The molecule has 0 radical (unpaired) electrons. The predicted molar refractivity (Wildman–Crippen MR) is 87.6 cm³/mol. The molecule has 5 nitrogen and oxygen atoms in total. The predicted octanol–water partition coefficient (Wildman–Crippen LogP) is 2.95. The van der Waals surface area contributed by atoms with Gasteiger partial charge in [-0.1, -0.05) is 31.9 Å². The van der Waals surface area contributed by atoms with Gasteiger partial charge in [0.15, 0.2) is 0 Å². The van der Waals surface area contributed by atoms with Gasteiger partial charge in [-0.25, -0.2) is 4.79 Å². The van der Waals surface area contributed by atoms with Crippen LogP contribution in [0.5, 0.6) is 5.75 Å². The zero-order valence-corrected chi connectivity index (χ0v) is 13.7. The van der Waals surface area contributed by atoms with Gasteiger partial charge in [-0.2, -0.15) is 0 Å². The maximum atomic E-state index is 12.2. The molecule has 1 amide bonds. The summed E-state index contributed by atoms with van der Waals surface area (Å²) in [6, 6.07) is 6.91. The lowest BCUT2D eigenvalue weighted by Gasteiger charge is -2.18. The second-order valence-corrected chi connectivity index (χ2v) is 6.22. The van der Waals surface area contributed by atoms with Crippen LogP contribution in [0.4, 0.5) is 0 Å². The molecule has 0 bridgehead atoms. The van der Waals surface area contributed by atoms with Crippen LogP contribution in [0.1, 0.15) is 50.5 Å². The van der Waals surface area contributed by atoms with Gasteiger partial charge >= 0.3 is 5.97 Å². The lowest BCUT2D eigenvalue weighted by Crippen LogP contribution is -2.41. The van der Waals surface area contributed by atoms with Crippen molar-refractivity contribution in [3.63, 3.8) is 0 Å². The highest BCUT2D eigenvalue weighted by Crippen LogP contribution is 2.33. The summed E-state index contributed by atoms with van der Waals surface area (Å²) in [5, 5.41) is 11.9. The normalized spacial score (nSPS) is 16.4. The van der Waals surface area contributed by atoms with E-state index >= 15 is 0 Å². The van der Waals surface area contributed by atoms with E-state index in [0.29, 0.717) is 18.8 Å². The molecule has 2 atom stereocenters. The van der Waals surface area contributed by atoms with Gasteiger partial charge in [-0.15, -0.1) is 0 Å². The Kier molecular flexibility index (Phi) is 6.02. The molecule has 1 aliphatic carbocycles. The summed E-state index contributed by atoms with van der Waals surface area (Å²) in [5.41, 5.74) is 1.07. The van der Waals surface area contributed by atoms with E-state index in [4.69, 9.17) is 4.74 Å². The fraction of sp³-hybridized carbons (Fsp3) is 0.556. The van der Waals surface area contributed by atoms with E-state index in [9.17, 15) is 14.7 Å². The Balaban J connectivity index is 1.93. The lowest BCUT2D eigenvalue weighted by atomic mass is 9.92. The monoisotopic (exact) mass is 319 g/mol. The molecule has 5 heteroatoms. The van der Waals surface area contributed by atoms with Gasteiger partial charge in [0.2, 0.25) is 5.91 Å². The molecule has 2 N–H and O–H groups in total. The summed E-state index contributed by atoms with van der Waals surface area (Å²) < 4.78 is 5.14. The van der Waals surface area contributed by atoms with E-state index in [2.05, 4.69) is 5.32 Å². The molecule has 1 aromatic rings. The Hall–Kier alpha value is -2.04. The van der Waals surface area contributed by atoms with Crippen molar-refractivity contribution in [3.8, 4) is 5.75 Å². The fourth-order valence-electron chi connectivity index (χ4n) is 2.76. The molecule has 0 saturated heterocycles. The van der Waals surface area contributed by atoms with Gasteiger partial charge in [0.25, 0.3) is 0 Å². The van der Waals surface area contributed by atoms with Crippen LogP contribution in [-0.2, 0) is 9.59 Å². The van der Waals surface area contributed by atoms with Crippen LogP contribution < -0.4 is 10.1 Å². The number of carboxylic acids is 1. The number of benzene rings is 1. The van der Waals surface area contributed by atoms with Crippen LogP contribution in [0.25, 0.3) is 0 Å². The molecule has 1 fully saturated rings. The highest BCUT2D eigenvalue weighted by molar-refractivity contribution is 5.84. The molecule has 2 unspecified atom stereocenters. The number of nitrogens with one attached hydrogen (secondary N) is 1. The van der Waals surface area contributed by atoms with Gasteiger partial charge in [-0.3, -0.25) is 4.79 Å². The number of aliphatic carboxylic acids is 1. The zero-order chi connectivity index (χ0) is 16.8. The van der Waals surface area contributed by atoms with Crippen LogP contribution in [-0.4, -0.2) is 30.1 Å². The van der Waals surface area contributed by atoms with Gasteiger partial charge in [-0.05, 0) is 42.4 Å². The Morgan fingerprint density at radius 1 is 1.30 bits per heavy atom. The summed E-state index contributed by atoms with van der Waals surface area (Å²) >= 11 is 0. The van der Waals surface area contributed by atoms with Crippen molar-refractivity contribution in [1.29, 1.82) is 0 Å². The van der Waals surface area contributed by atoms with Crippen LogP contribution in [0.2, 0.25) is 0 Å². The molecule has 0 aliphatic heterocycles. The third kappa shape index (κ3) is 5.27. The maximum Gasteiger partial charge on any atom is 0.326 e. The Morgan fingerprint density at radius 2 is 1.96 bits per heavy atom. The second-order valence-electron chi connectivity index (χ2n) is 6.22. The minimum absolute atomic E-state index is 0.0799. The summed E-state index contributed by atoms with van der Waals surface area (Å²) in [6.07, 6.45) is 3.81. The molecular formula is C18H25NO4. The van der Waals surface area contributed by atoms with Gasteiger partial charge in [0.05, 0.1) is 7.11 Å². The van der Waals surface area contributed by atoms with Gasteiger partial charge in [0, 0.05) is 6.42 Å². The first kappa shape index (κ1) is 17.3. The molecule has 1 aromatic carbocycles. The molecule has 0 aromatic heterocycles. The topological polar surface area (TPSA) is 75.6 Å². The summed E-state index contributed by atoms with van der Waals surface area (Å²) in [6.45, 7) is 2.03. The molecule has 2 rings (SSSR count). The number of rotatable bonds is 9. The summed E-state index contributed by atoms with van der Waals surface area (Å²) in [5.74, 6) is 0.183. The highest BCUT2D eigenvalue weighted by atomic mass is 16.5. The number of carbonyl (C=O) groups is 2. The van der Waals surface area contributed by atoms with E-state index in [-0.39, 0.29) is 11.8 Å². The van der Waals surface area contributed by atoms with Crippen LogP contribution >= 0.6 is 0 Å². The molecule has 126 valence electrons. The number of ether oxygens (including phenoxy) is 1. The van der Waals surface area contributed by atoms with Crippen molar-refractivity contribution in [3.05, 3.63) is 29.8 Å². The average Bonchev–Trinajstić information content (AvgIpc) is 3.36. The minimum atomic E-state index is -0.942. The molecule has 0 heterocycles. The zero-order valence-electron chi connectivity index (χ0n) is 13.7. The number of amides is 1. The first-order valence-electron chi connectivity index (χ1n) is 8.19. The van der Waals surface area contributed by atoms with Crippen molar-refractivity contribution in [2.24, 2.45) is 5.92 Å². The molecule has 1 aliphatic rings. The van der Waals surface area contributed by atoms with Gasteiger partial charge in [0.1, 0.15) is 11.8 Å². The number of carboxylic acid groups (broad SMARTS) is 1. The van der Waals surface area contributed by atoms with Crippen molar-refractivity contribution < 1.29 is 19.4 Å². The number of carbonyl (C=O) groups excluding carboxylic acids is 1. The molecule has 0 spiro atoms. The van der Waals surface area contributed by atoms with E-state index in [1.807, 2.05) is 31.2 Å². The number of hydrogen-bond acceptors (Lipinski definition) is 3. The SMILES string of the molecule is CCC(CC(=O)NC(CC1CC1)C(=O)O)c1ccc(OC)cc1. The standard InChI is InChI=1S/C18H25NO4/c1-3-13(14-6-8-15(23-2)9-7-14)11-17(20)19-16(18(21)22)10-12-4-5-12/h6-9,12-13,16H,3-5,10-11H2,1-2H3,(H,19,20)(H,21,22). The first-order chi connectivity index (χ1) is 11.0. The van der Waals surface area contributed by atoms with Gasteiger partial charge < -0.3 is 15.2 Å². The highest BCUT2D eigenvalue weighted by Gasteiger charge is 2.30. The van der Waals surface area contributed by atoms with E-state index in [1.165, 1.54) is 0 Å². The Bertz CT molecular complexity index is 536. The first-order valence-corrected chi connectivity index (χ1v) is 8.19. The van der Waals surface area contributed by atoms with Crippen LogP contribution in [0.15, 0.2) is 24.3 Å². The largest absolute Gasteiger partial charge is 0.497 e. The summed E-state index contributed by atoms with van der Waals surface area (Å²) in [4.78, 5) is 23.5. The Morgan fingerprint density at radius 3 is 2.43 bits per heavy atom. The third-order valence-corrected chi connectivity index (χ3v) is 4.41. The molecule has 1 saturated carbocycles.